The molecule has 4 heteroatoms. The zero-order chi connectivity index (χ0) is 11.7. The Labute approximate surface area is 97.1 Å². The Morgan fingerprint density at radius 3 is 2.69 bits per heavy atom. The minimum absolute atomic E-state index is 0.157. The van der Waals surface area contributed by atoms with Crippen molar-refractivity contribution in [2.24, 2.45) is 17.6 Å². The first-order valence-corrected chi connectivity index (χ1v) is 6.27. The third-order valence-electron chi connectivity index (χ3n) is 4.04. The summed E-state index contributed by atoms with van der Waals surface area (Å²) >= 11 is 0. The molecule has 2 aliphatic rings. The number of nitrogens with two attached hydrogens (primary N) is 1. The average molecular weight is 226 g/mol. The van der Waals surface area contributed by atoms with Gasteiger partial charge < -0.3 is 15.4 Å². The molecule has 2 rings (SSSR count). The Bertz CT molecular complexity index is 270. The maximum absolute atomic E-state index is 12.3. The van der Waals surface area contributed by atoms with Gasteiger partial charge in [-0.05, 0) is 24.7 Å². The second-order valence-electron chi connectivity index (χ2n) is 5.16. The van der Waals surface area contributed by atoms with E-state index in [-0.39, 0.29) is 18.1 Å². The van der Waals surface area contributed by atoms with Gasteiger partial charge in [0.25, 0.3) is 5.91 Å². The molecular formula is C12H22N2O2. The van der Waals surface area contributed by atoms with Crippen molar-refractivity contribution in [3.63, 3.8) is 0 Å². The molecule has 2 N–H and O–H groups in total. The lowest BCUT2D eigenvalue weighted by Gasteiger charge is -2.29. The van der Waals surface area contributed by atoms with Gasteiger partial charge in [0.15, 0.2) is 0 Å². The second-order valence-corrected chi connectivity index (χ2v) is 5.16. The van der Waals surface area contributed by atoms with Crippen LogP contribution >= 0.6 is 0 Å². The van der Waals surface area contributed by atoms with Crippen LogP contribution in [0.3, 0.4) is 0 Å². The molecule has 0 saturated carbocycles. The number of carbonyl (C=O) groups excluding carboxylic acids is 1. The van der Waals surface area contributed by atoms with Gasteiger partial charge >= 0.3 is 0 Å². The summed E-state index contributed by atoms with van der Waals surface area (Å²) < 4.78 is 5.54. The van der Waals surface area contributed by atoms with Gasteiger partial charge in [-0.25, -0.2) is 0 Å². The summed E-state index contributed by atoms with van der Waals surface area (Å²) in [4.78, 5) is 14.3. The van der Waals surface area contributed by atoms with Crippen LogP contribution in [0.2, 0.25) is 0 Å². The molecule has 4 nitrogen and oxygen atoms in total. The van der Waals surface area contributed by atoms with Crippen LogP contribution in [0.1, 0.15) is 26.7 Å². The summed E-state index contributed by atoms with van der Waals surface area (Å²) in [6, 6.07) is 0.212. The lowest BCUT2D eigenvalue weighted by Crippen LogP contribution is -2.47. The van der Waals surface area contributed by atoms with Gasteiger partial charge in [-0.2, -0.15) is 0 Å². The quantitative estimate of drug-likeness (QED) is 0.750. The molecule has 4 unspecified atom stereocenters. The summed E-state index contributed by atoms with van der Waals surface area (Å²) in [7, 11) is 0. The SMILES string of the molecule is CC1CCOC1C(=O)N1CCC(C)C1CN. The fraction of sp³-hybridized carbons (Fsp3) is 0.917. The van der Waals surface area contributed by atoms with Crippen LogP contribution in [0.15, 0.2) is 0 Å². The lowest BCUT2D eigenvalue weighted by atomic mass is 10.0. The van der Waals surface area contributed by atoms with E-state index in [4.69, 9.17) is 10.5 Å². The molecule has 2 heterocycles. The number of likely N-dealkylation sites (tertiary alicyclic amines) is 1. The predicted octanol–water partition coefficient (Wildman–Crippen LogP) is 0.607. The second kappa shape index (κ2) is 4.72. The molecule has 2 saturated heterocycles. The number of ether oxygens (including phenoxy) is 1. The molecule has 1 amide bonds. The van der Waals surface area contributed by atoms with Gasteiger partial charge in [0.2, 0.25) is 0 Å². The highest BCUT2D eigenvalue weighted by Crippen LogP contribution is 2.28. The van der Waals surface area contributed by atoms with Crippen LogP contribution in [-0.4, -0.2) is 42.6 Å². The van der Waals surface area contributed by atoms with E-state index in [0.717, 1.165) is 19.4 Å². The molecule has 0 aromatic carbocycles. The number of carbonyl (C=O) groups is 1. The molecule has 2 fully saturated rings. The average Bonchev–Trinajstić information content (AvgIpc) is 2.83. The first kappa shape index (κ1) is 11.9. The van der Waals surface area contributed by atoms with Gasteiger partial charge in [-0.15, -0.1) is 0 Å². The zero-order valence-corrected chi connectivity index (χ0v) is 10.2. The van der Waals surface area contributed by atoms with Crippen LogP contribution in [0.4, 0.5) is 0 Å². The molecule has 2 aliphatic heterocycles. The Morgan fingerprint density at radius 2 is 2.12 bits per heavy atom. The number of nitrogens with zero attached hydrogens (tertiary/aromatic N) is 1. The van der Waals surface area contributed by atoms with Crippen LogP contribution < -0.4 is 5.73 Å². The Balaban J connectivity index is 2.04. The number of amides is 1. The van der Waals surface area contributed by atoms with Gasteiger partial charge in [-0.1, -0.05) is 13.8 Å². The summed E-state index contributed by atoms with van der Waals surface area (Å²) in [6.45, 7) is 6.38. The Morgan fingerprint density at radius 1 is 1.38 bits per heavy atom. The van der Waals surface area contributed by atoms with E-state index in [1.54, 1.807) is 0 Å². The summed E-state index contributed by atoms with van der Waals surface area (Å²) in [5, 5.41) is 0. The smallest absolute Gasteiger partial charge is 0.252 e. The fourth-order valence-electron chi connectivity index (χ4n) is 2.82. The molecule has 0 spiro atoms. The van der Waals surface area contributed by atoms with Gasteiger partial charge in [-0.3, -0.25) is 4.79 Å². The normalized spacial score (nSPS) is 39.3. The van der Waals surface area contributed by atoms with Gasteiger partial charge in [0.1, 0.15) is 6.10 Å². The highest BCUT2D eigenvalue weighted by molar-refractivity contribution is 5.82. The fourth-order valence-corrected chi connectivity index (χ4v) is 2.82. The molecule has 16 heavy (non-hydrogen) atoms. The largest absolute Gasteiger partial charge is 0.368 e. The topological polar surface area (TPSA) is 55.6 Å². The van der Waals surface area contributed by atoms with Crippen molar-refractivity contribution in [3.05, 3.63) is 0 Å². The van der Waals surface area contributed by atoms with Crippen molar-refractivity contribution in [1.82, 2.24) is 4.90 Å². The number of rotatable bonds is 2. The molecular weight excluding hydrogens is 204 g/mol. The maximum atomic E-state index is 12.3. The first-order chi connectivity index (χ1) is 7.65. The molecule has 0 bridgehead atoms. The summed E-state index contributed by atoms with van der Waals surface area (Å²) in [5.74, 6) is 1.03. The van der Waals surface area contributed by atoms with E-state index in [1.165, 1.54) is 0 Å². The van der Waals surface area contributed by atoms with E-state index >= 15 is 0 Å². The van der Waals surface area contributed by atoms with Gasteiger partial charge in [0.05, 0.1) is 0 Å². The molecule has 0 aromatic rings. The minimum atomic E-state index is -0.223. The lowest BCUT2D eigenvalue weighted by molar-refractivity contribution is -0.143. The van der Waals surface area contributed by atoms with Crippen molar-refractivity contribution < 1.29 is 9.53 Å². The Kier molecular flexibility index (Phi) is 3.50. The van der Waals surface area contributed by atoms with Crippen molar-refractivity contribution in [3.8, 4) is 0 Å². The zero-order valence-electron chi connectivity index (χ0n) is 10.2. The molecule has 92 valence electrons. The van der Waals surface area contributed by atoms with E-state index in [9.17, 15) is 4.79 Å². The number of hydrogen-bond donors (Lipinski definition) is 1. The molecule has 0 radical (unpaired) electrons. The van der Waals surface area contributed by atoms with Crippen LogP contribution in [0, 0.1) is 11.8 Å². The third-order valence-corrected chi connectivity index (χ3v) is 4.04. The predicted molar refractivity (Wildman–Crippen MR) is 61.9 cm³/mol. The summed E-state index contributed by atoms with van der Waals surface area (Å²) in [6.07, 6.45) is 1.83. The highest BCUT2D eigenvalue weighted by atomic mass is 16.5. The maximum Gasteiger partial charge on any atom is 0.252 e. The monoisotopic (exact) mass is 226 g/mol. The standard InChI is InChI=1S/C12H22N2O2/c1-8-3-5-14(10(8)7-13)12(15)11-9(2)4-6-16-11/h8-11H,3-7,13H2,1-2H3. The third kappa shape index (κ3) is 1.96. The molecule has 0 aromatic heterocycles. The van der Waals surface area contributed by atoms with Crippen LogP contribution in [0.25, 0.3) is 0 Å². The number of hydrogen-bond acceptors (Lipinski definition) is 3. The Hall–Kier alpha value is -0.610. The molecule has 0 aliphatic carbocycles. The van der Waals surface area contributed by atoms with E-state index in [0.29, 0.717) is 25.0 Å². The van der Waals surface area contributed by atoms with Gasteiger partial charge in [0, 0.05) is 25.7 Å². The van der Waals surface area contributed by atoms with Crippen LogP contribution in [-0.2, 0) is 9.53 Å². The van der Waals surface area contributed by atoms with Crippen molar-refractivity contribution >= 4 is 5.91 Å². The van der Waals surface area contributed by atoms with Crippen molar-refractivity contribution in [2.75, 3.05) is 19.7 Å². The van der Waals surface area contributed by atoms with Crippen LogP contribution in [0.5, 0.6) is 0 Å². The van der Waals surface area contributed by atoms with E-state index in [1.807, 2.05) is 4.90 Å². The minimum Gasteiger partial charge on any atom is -0.368 e. The first-order valence-electron chi connectivity index (χ1n) is 6.27. The van der Waals surface area contributed by atoms with Crippen molar-refractivity contribution in [1.29, 1.82) is 0 Å². The highest BCUT2D eigenvalue weighted by Gasteiger charge is 2.40. The van der Waals surface area contributed by atoms with Crippen molar-refractivity contribution in [2.45, 2.75) is 38.8 Å². The van der Waals surface area contributed by atoms with E-state index in [2.05, 4.69) is 13.8 Å². The summed E-state index contributed by atoms with van der Waals surface area (Å²) in [5.41, 5.74) is 5.75. The molecule has 4 atom stereocenters. The van der Waals surface area contributed by atoms with E-state index < -0.39 is 0 Å².